The number of halogens is 3. The number of benzene rings is 1. The quantitative estimate of drug-likeness (QED) is 0.783. The number of anilines is 1. The largest absolute Gasteiger partial charge is 0.395 e. The van der Waals surface area contributed by atoms with Crippen molar-refractivity contribution in [2.45, 2.75) is 0 Å². The predicted molar refractivity (Wildman–Crippen MR) is 50.8 cm³/mol. The van der Waals surface area contributed by atoms with E-state index in [1.807, 2.05) is 0 Å². The van der Waals surface area contributed by atoms with Gasteiger partial charge in [0.2, 0.25) is 10.0 Å². The molecule has 0 spiro atoms. The highest BCUT2D eigenvalue weighted by molar-refractivity contribution is 7.92. The van der Waals surface area contributed by atoms with Crippen LogP contribution in [-0.4, -0.2) is 25.9 Å². The smallest absolute Gasteiger partial charge is 0.234 e. The summed E-state index contributed by atoms with van der Waals surface area (Å²) in [6.45, 7) is -0.637. The summed E-state index contributed by atoms with van der Waals surface area (Å²) in [5.74, 6) is -5.29. The number of rotatable bonds is 4. The highest BCUT2D eigenvalue weighted by Crippen LogP contribution is 2.18. The number of aliphatic hydroxyl groups excluding tert-OH is 1. The van der Waals surface area contributed by atoms with Gasteiger partial charge in [-0.15, -0.1) is 0 Å². The maximum atomic E-state index is 12.7. The third-order valence-corrected chi connectivity index (χ3v) is 2.88. The summed E-state index contributed by atoms with van der Waals surface area (Å²) in [5.41, 5.74) is -0.440. The molecule has 0 aliphatic rings. The van der Waals surface area contributed by atoms with E-state index in [0.717, 1.165) is 0 Å². The van der Waals surface area contributed by atoms with Crippen LogP contribution in [-0.2, 0) is 10.0 Å². The second-order valence-corrected chi connectivity index (χ2v) is 4.74. The highest BCUT2D eigenvalue weighted by atomic mass is 32.2. The van der Waals surface area contributed by atoms with Crippen molar-refractivity contribution in [1.82, 2.24) is 0 Å². The van der Waals surface area contributed by atoms with Crippen LogP contribution in [0.3, 0.4) is 0 Å². The lowest BCUT2D eigenvalue weighted by atomic mass is 10.3. The molecule has 0 saturated heterocycles. The van der Waals surface area contributed by atoms with Crippen molar-refractivity contribution in [3.8, 4) is 0 Å². The second-order valence-electron chi connectivity index (χ2n) is 2.90. The Kier molecular flexibility index (Phi) is 3.76. The second kappa shape index (κ2) is 4.71. The Balaban J connectivity index is 2.99. The van der Waals surface area contributed by atoms with Gasteiger partial charge in [-0.3, -0.25) is 4.72 Å². The molecule has 0 saturated carbocycles. The molecule has 0 fully saturated rings. The van der Waals surface area contributed by atoms with E-state index in [1.54, 1.807) is 4.72 Å². The standard InChI is InChI=1S/C8H8F3NO3S/c9-6-3-5(4-7(10)8(6)11)12-16(14,15)2-1-13/h3-4,12-13H,1-2H2. The average Bonchev–Trinajstić information content (AvgIpc) is 2.13. The van der Waals surface area contributed by atoms with Gasteiger partial charge in [-0.25, -0.2) is 21.6 Å². The molecule has 0 atom stereocenters. The monoisotopic (exact) mass is 255 g/mol. The van der Waals surface area contributed by atoms with Crippen LogP contribution in [0.5, 0.6) is 0 Å². The zero-order valence-corrected chi connectivity index (χ0v) is 8.69. The maximum absolute atomic E-state index is 12.7. The lowest BCUT2D eigenvalue weighted by Gasteiger charge is -2.07. The van der Waals surface area contributed by atoms with Gasteiger partial charge in [-0.2, -0.15) is 0 Å². The molecular weight excluding hydrogens is 247 g/mol. The molecule has 1 rings (SSSR count). The minimum atomic E-state index is -3.89. The summed E-state index contributed by atoms with van der Waals surface area (Å²) in [5, 5.41) is 8.41. The fraction of sp³-hybridized carbons (Fsp3) is 0.250. The van der Waals surface area contributed by atoms with Gasteiger partial charge in [0.1, 0.15) is 0 Å². The molecule has 0 unspecified atom stereocenters. The predicted octanol–water partition coefficient (Wildman–Crippen LogP) is 0.838. The molecule has 0 bridgehead atoms. The van der Waals surface area contributed by atoms with Crippen LogP contribution in [0.1, 0.15) is 0 Å². The lowest BCUT2D eigenvalue weighted by Crippen LogP contribution is -2.19. The average molecular weight is 255 g/mol. The van der Waals surface area contributed by atoms with Gasteiger partial charge in [0, 0.05) is 12.1 Å². The van der Waals surface area contributed by atoms with Gasteiger partial charge >= 0.3 is 0 Å². The van der Waals surface area contributed by atoms with Gasteiger partial charge in [0.05, 0.1) is 18.0 Å². The Morgan fingerprint density at radius 3 is 2.12 bits per heavy atom. The van der Waals surface area contributed by atoms with E-state index in [4.69, 9.17) is 5.11 Å². The molecule has 16 heavy (non-hydrogen) atoms. The Morgan fingerprint density at radius 1 is 1.19 bits per heavy atom. The lowest BCUT2D eigenvalue weighted by molar-refractivity contribution is 0.320. The Bertz CT molecular complexity index is 466. The normalized spacial score (nSPS) is 11.5. The van der Waals surface area contributed by atoms with E-state index in [9.17, 15) is 21.6 Å². The SMILES string of the molecule is O=S(=O)(CCO)Nc1cc(F)c(F)c(F)c1. The minimum absolute atomic E-state index is 0.440. The van der Waals surface area contributed by atoms with Gasteiger partial charge in [0.25, 0.3) is 0 Å². The molecule has 0 heterocycles. The van der Waals surface area contributed by atoms with Crippen molar-refractivity contribution in [3.63, 3.8) is 0 Å². The summed E-state index contributed by atoms with van der Waals surface area (Å²) in [7, 11) is -3.89. The molecule has 4 nitrogen and oxygen atoms in total. The summed E-state index contributed by atoms with van der Waals surface area (Å²) < 4.78 is 61.9. The van der Waals surface area contributed by atoms with Gasteiger partial charge in [-0.1, -0.05) is 0 Å². The number of hydrogen-bond acceptors (Lipinski definition) is 3. The van der Waals surface area contributed by atoms with Crippen LogP contribution in [0.2, 0.25) is 0 Å². The Morgan fingerprint density at radius 2 is 1.69 bits per heavy atom. The van der Waals surface area contributed by atoms with E-state index in [-0.39, 0.29) is 0 Å². The first-order chi connectivity index (χ1) is 7.35. The van der Waals surface area contributed by atoms with Crippen LogP contribution in [0, 0.1) is 17.5 Å². The highest BCUT2D eigenvalue weighted by Gasteiger charge is 2.14. The fourth-order valence-corrected chi connectivity index (χ4v) is 1.78. The molecule has 0 aliphatic carbocycles. The Hall–Kier alpha value is -1.28. The first-order valence-corrected chi connectivity index (χ1v) is 5.77. The third kappa shape index (κ3) is 3.11. The summed E-state index contributed by atoms with van der Waals surface area (Å²) in [4.78, 5) is 0. The van der Waals surface area contributed by atoms with Crippen LogP contribution in [0.15, 0.2) is 12.1 Å². The van der Waals surface area contributed by atoms with Crippen molar-refractivity contribution in [2.75, 3.05) is 17.1 Å². The van der Waals surface area contributed by atoms with E-state index >= 15 is 0 Å². The molecule has 0 aromatic heterocycles. The third-order valence-electron chi connectivity index (χ3n) is 1.62. The zero-order valence-electron chi connectivity index (χ0n) is 7.87. The fourth-order valence-electron chi connectivity index (χ4n) is 0.965. The van der Waals surface area contributed by atoms with Crippen LogP contribution >= 0.6 is 0 Å². The minimum Gasteiger partial charge on any atom is -0.395 e. The number of aliphatic hydroxyl groups is 1. The van der Waals surface area contributed by atoms with Crippen molar-refractivity contribution in [3.05, 3.63) is 29.6 Å². The first kappa shape index (κ1) is 12.8. The van der Waals surface area contributed by atoms with Crippen LogP contribution in [0.4, 0.5) is 18.9 Å². The van der Waals surface area contributed by atoms with E-state index in [2.05, 4.69) is 0 Å². The summed E-state index contributed by atoms with van der Waals surface area (Å²) in [6.07, 6.45) is 0. The van der Waals surface area contributed by atoms with Crippen molar-refractivity contribution < 1.29 is 26.7 Å². The molecule has 8 heteroatoms. The summed E-state index contributed by atoms with van der Waals surface area (Å²) >= 11 is 0. The van der Waals surface area contributed by atoms with Crippen molar-refractivity contribution >= 4 is 15.7 Å². The van der Waals surface area contributed by atoms with Crippen LogP contribution in [0.25, 0.3) is 0 Å². The first-order valence-electron chi connectivity index (χ1n) is 4.11. The van der Waals surface area contributed by atoms with Crippen LogP contribution < -0.4 is 4.72 Å². The molecule has 1 aromatic carbocycles. The van der Waals surface area contributed by atoms with Gasteiger partial charge in [0.15, 0.2) is 17.5 Å². The number of sulfonamides is 1. The molecule has 1 aromatic rings. The van der Waals surface area contributed by atoms with Gasteiger partial charge in [-0.05, 0) is 0 Å². The topological polar surface area (TPSA) is 66.4 Å². The van der Waals surface area contributed by atoms with E-state index in [1.165, 1.54) is 0 Å². The molecule has 0 radical (unpaired) electrons. The molecule has 0 amide bonds. The summed E-state index contributed by atoms with van der Waals surface area (Å²) in [6, 6.07) is 1.01. The number of nitrogens with one attached hydrogen (secondary N) is 1. The van der Waals surface area contributed by atoms with E-state index < -0.39 is 45.5 Å². The molecule has 90 valence electrons. The Labute approximate surface area is 89.8 Å². The molecular formula is C8H8F3NO3S. The number of hydrogen-bond donors (Lipinski definition) is 2. The zero-order chi connectivity index (χ0) is 12.3. The van der Waals surface area contributed by atoms with E-state index in [0.29, 0.717) is 12.1 Å². The van der Waals surface area contributed by atoms with Gasteiger partial charge < -0.3 is 5.11 Å². The maximum Gasteiger partial charge on any atom is 0.234 e. The molecule has 2 N–H and O–H groups in total. The van der Waals surface area contributed by atoms with Crippen molar-refractivity contribution in [2.24, 2.45) is 0 Å². The van der Waals surface area contributed by atoms with Crippen molar-refractivity contribution in [1.29, 1.82) is 0 Å². The molecule has 0 aliphatic heterocycles.